The second-order valence-electron chi connectivity index (χ2n) is 2.37. The third-order valence-corrected chi connectivity index (χ3v) is 1.28. The fourth-order valence-electron chi connectivity index (χ4n) is 0.773. The van der Waals surface area contributed by atoms with Gasteiger partial charge in [-0.15, -0.1) is 0 Å². The van der Waals surface area contributed by atoms with Gasteiger partial charge in [0, 0.05) is 7.05 Å². The van der Waals surface area contributed by atoms with Gasteiger partial charge in [-0.1, -0.05) is 0 Å². The molecule has 1 heterocycles. The highest BCUT2D eigenvalue weighted by Gasteiger charge is 2.01. The molecule has 0 amide bonds. The first kappa shape index (κ1) is 7.71. The van der Waals surface area contributed by atoms with Crippen LogP contribution < -0.4 is 5.69 Å². The molecule has 0 spiro atoms. The molecule has 0 fully saturated rings. The Hall–Kier alpha value is -1.39. The van der Waals surface area contributed by atoms with Gasteiger partial charge in [0.2, 0.25) is 0 Å². The highest BCUT2D eigenvalue weighted by molar-refractivity contribution is 5.75. The van der Waals surface area contributed by atoms with Crippen LogP contribution in [0.4, 0.5) is 0 Å². The summed E-state index contributed by atoms with van der Waals surface area (Å²) in [6, 6.07) is 0. The van der Waals surface area contributed by atoms with Gasteiger partial charge in [0.25, 0.3) is 0 Å². The summed E-state index contributed by atoms with van der Waals surface area (Å²) in [4.78, 5) is 21.6. The molecular weight excluding hydrogens is 146 g/mol. The van der Waals surface area contributed by atoms with E-state index in [9.17, 15) is 9.59 Å². The zero-order valence-corrected chi connectivity index (χ0v) is 6.44. The number of aromatic nitrogens is 3. The summed E-state index contributed by atoms with van der Waals surface area (Å²) in [5, 5.41) is 3.68. The summed E-state index contributed by atoms with van der Waals surface area (Å²) in [6.45, 7) is 1.53. The van der Waals surface area contributed by atoms with Crippen molar-refractivity contribution in [3.8, 4) is 0 Å². The van der Waals surface area contributed by atoms with Gasteiger partial charge in [0.05, 0.1) is 6.54 Å². The van der Waals surface area contributed by atoms with Crippen molar-refractivity contribution >= 4 is 5.78 Å². The minimum Gasteiger partial charge on any atom is -0.298 e. The third-order valence-electron chi connectivity index (χ3n) is 1.28. The van der Waals surface area contributed by atoms with Gasteiger partial charge < -0.3 is 0 Å². The van der Waals surface area contributed by atoms with Crippen molar-refractivity contribution in [2.24, 2.45) is 7.05 Å². The number of rotatable bonds is 2. The molecule has 0 saturated heterocycles. The number of hydrogen-bond donors (Lipinski definition) is 0. The van der Waals surface area contributed by atoms with Crippen LogP contribution in [0.1, 0.15) is 6.92 Å². The molecule has 0 radical (unpaired) electrons. The highest BCUT2D eigenvalue weighted by atomic mass is 16.2. The Morgan fingerprint density at radius 3 is 2.73 bits per heavy atom. The minimum atomic E-state index is -0.264. The number of carbonyl (C=O) groups excluding carboxylic acids is 1. The van der Waals surface area contributed by atoms with Crippen molar-refractivity contribution in [1.82, 2.24) is 14.3 Å². The second-order valence-corrected chi connectivity index (χ2v) is 2.37. The molecule has 0 aromatic carbocycles. The van der Waals surface area contributed by atoms with E-state index in [0.29, 0.717) is 0 Å². The van der Waals surface area contributed by atoms with Crippen LogP contribution in [0, 0.1) is 0 Å². The summed E-state index contributed by atoms with van der Waals surface area (Å²) in [5.74, 6) is -0.0555. The molecule has 1 aromatic heterocycles. The van der Waals surface area contributed by atoms with Gasteiger partial charge in [-0.2, -0.15) is 5.10 Å². The SMILES string of the molecule is CC(=O)Cn1cnn(C)c1=O. The van der Waals surface area contributed by atoms with E-state index >= 15 is 0 Å². The van der Waals surface area contributed by atoms with E-state index < -0.39 is 0 Å². The maximum absolute atomic E-state index is 11.0. The zero-order valence-electron chi connectivity index (χ0n) is 6.44. The van der Waals surface area contributed by atoms with Crippen molar-refractivity contribution < 1.29 is 4.79 Å². The quantitative estimate of drug-likeness (QED) is 0.560. The molecule has 0 aliphatic rings. The first-order valence-corrected chi connectivity index (χ1v) is 3.19. The molecule has 5 nitrogen and oxygen atoms in total. The molecule has 0 N–H and O–H groups in total. The summed E-state index contributed by atoms with van der Waals surface area (Å²) in [6.07, 6.45) is 1.35. The van der Waals surface area contributed by atoms with Gasteiger partial charge in [-0.25, -0.2) is 9.48 Å². The van der Waals surface area contributed by atoms with Crippen LogP contribution in [-0.4, -0.2) is 20.1 Å². The number of aryl methyl sites for hydroxylation is 1. The number of Topliss-reactive ketones (excluding diaryl/α,β-unsaturated/α-hetero) is 1. The Morgan fingerprint density at radius 1 is 1.73 bits per heavy atom. The van der Waals surface area contributed by atoms with Gasteiger partial charge in [0.15, 0.2) is 0 Å². The van der Waals surface area contributed by atoms with Crippen molar-refractivity contribution in [3.05, 3.63) is 16.8 Å². The lowest BCUT2D eigenvalue weighted by Crippen LogP contribution is -2.24. The van der Waals surface area contributed by atoms with Gasteiger partial charge in [-0.05, 0) is 6.92 Å². The molecule has 0 aliphatic carbocycles. The first-order valence-electron chi connectivity index (χ1n) is 3.19. The Labute approximate surface area is 63.3 Å². The molecule has 0 saturated carbocycles. The van der Waals surface area contributed by atoms with Crippen molar-refractivity contribution in [3.63, 3.8) is 0 Å². The number of hydrogen-bond acceptors (Lipinski definition) is 3. The fraction of sp³-hybridized carbons (Fsp3) is 0.500. The monoisotopic (exact) mass is 155 g/mol. The Bertz CT molecular complexity index is 323. The van der Waals surface area contributed by atoms with Crippen LogP contribution in [0.5, 0.6) is 0 Å². The highest BCUT2D eigenvalue weighted by Crippen LogP contribution is 1.78. The second kappa shape index (κ2) is 2.69. The predicted octanol–water partition coefficient (Wildman–Crippen LogP) is -0.829. The van der Waals surface area contributed by atoms with Crippen LogP contribution in [0.15, 0.2) is 11.1 Å². The van der Waals surface area contributed by atoms with E-state index in [2.05, 4.69) is 5.10 Å². The van der Waals surface area contributed by atoms with Gasteiger partial charge in [-0.3, -0.25) is 9.36 Å². The largest absolute Gasteiger partial charge is 0.345 e. The Kier molecular flexibility index (Phi) is 1.89. The Balaban J connectivity index is 2.97. The molecular formula is C6H9N3O2. The fourth-order valence-corrected chi connectivity index (χ4v) is 0.773. The minimum absolute atomic E-state index is 0.0555. The molecule has 1 aromatic rings. The normalized spacial score (nSPS) is 10.0. The van der Waals surface area contributed by atoms with Crippen LogP contribution in [0.25, 0.3) is 0 Å². The molecule has 0 atom stereocenters. The maximum Gasteiger partial charge on any atom is 0.345 e. The Morgan fingerprint density at radius 2 is 2.36 bits per heavy atom. The molecule has 5 heteroatoms. The zero-order chi connectivity index (χ0) is 8.43. The van der Waals surface area contributed by atoms with Crippen molar-refractivity contribution in [1.29, 1.82) is 0 Å². The summed E-state index contributed by atoms with van der Waals surface area (Å²) in [7, 11) is 1.54. The van der Waals surface area contributed by atoms with Crippen molar-refractivity contribution in [2.45, 2.75) is 13.5 Å². The van der Waals surface area contributed by atoms with Crippen LogP contribution in [0.2, 0.25) is 0 Å². The lowest BCUT2D eigenvalue weighted by atomic mass is 10.4. The number of nitrogens with zero attached hydrogens (tertiary/aromatic N) is 3. The average molecular weight is 155 g/mol. The molecule has 60 valence electrons. The molecule has 0 aliphatic heterocycles. The number of carbonyl (C=O) groups is 1. The smallest absolute Gasteiger partial charge is 0.298 e. The van der Waals surface area contributed by atoms with E-state index in [1.807, 2.05) is 0 Å². The van der Waals surface area contributed by atoms with Gasteiger partial charge in [0.1, 0.15) is 12.1 Å². The van der Waals surface area contributed by atoms with Crippen LogP contribution in [0.3, 0.4) is 0 Å². The van der Waals surface area contributed by atoms with E-state index in [0.717, 1.165) is 0 Å². The summed E-state index contributed by atoms with van der Waals surface area (Å²) < 4.78 is 2.45. The molecule has 0 unspecified atom stereocenters. The maximum atomic E-state index is 11.0. The standard InChI is InChI=1S/C6H9N3O2/c1-5(10)3-9-4-7-8(2)6(9)11/h4H,3H2,1-2H3. The van der Waals surface area contributed by atoms with Crippen LogP contribution in [-0.2, 0) is 18.4 Å². The van der Waals surface area contributed by atoms with E-state index in [-0.39, 0.29) is 18.0 Å². The summed E-state index contributed by atoms with van der Waals surface area (Å²) >= 11 is 0. The topological polar surface area (TPSA) is 56.9 Å². The van der Waals surface area contributed by atoms with Gasteiger partial charge >= 0.3 is 5.69 Å². The van der Waals surface area contributed by atoms with Crippen molar-refractivity contribution in [2.75, 3.05) is 0 Å². The molecule has 1 rings (SSSR count). The average Bonchev–Trinajstić information content (AvgIpc) is 2.18. The molecule has 0 bridgehead atoms. The van der Waals surface area contributed by atoms with E-state index in [1.165, 1.54) is 22.5 Å². The summed E-state index contributed by atoms with van der Waals surface area (Å²) in [5.41, 5.74) is -0.264. The predicted molar refractivity (Wildman–Crippen MR) is 38.1 cm³/mol. The lowest BCUT2D eigenvalue weighted by molar-refractivity contribution is -0.117. The first-order chi connectivity index (χ1) is 5.11. The van der Waals surface area contributed by atoms with E-state index in [4.69, 9.17) is 0 Å². The lowest BCUT2D eigenvalue weighted by Gasteiger charge is -1.91. The molecule has 11 heavy (non-hydrogen) atoms. The third kappa shape index (κ3) is 1.54. The number of ketones is 1. The van der Waals surface area contributed by atoms with Crippen LogP contribution >= 0.6 is 0 Å². The van der Waals surface area contributed by atoms with E-state index in [1.54, 1.807) is 7.05 Å².